The molecule has 3 amide bonds. The number of methoxy groups -OCH3 is 2. The van der Waals surface area contributed by atoms with Gasteiger partial charge >= 0.3 is 6.09 Å². The molecule has 0 bridgehead atoms. The molecule has 50 heavy (non-hydrogen) atoms. The third-order valence-corrected chi connectivity index (χ3v) is 9.76. The Bertz CT molecular complexity index is 1870. The molecule has 4 aromatic rings. The second kappa shape index (κ2) is 15.9. The molecule has 0 aliphatic carbocycles. The molecule has 0 radical (unpaired) electrons. The van der Waals surface area contributed by atoms with Crippen LogP contribution in [-0.4, -0.2) is 66.2 Å². The molecular formula is C38H37FN4O6S. The Kier molecular flexibility index (Phi) is 11.0. The summed E-state index contributed by atoms with van der Waals surface area (Å²) in [5, 5.41) is 2.78. The Balaban J connectivity index is 1.13. The van der Waals surface area contributed by atoms with Crippen LogP contribution >= 0.6 is 11.8 Å². The van der Waals surface area contributed by atoms with Gasteiger partial charge in [-0.1, -0.05) is 66.4 Å². The number of amides is 3. The third-order valence-electron chi connectivity index (χ3n) is 8.53. The van der Waals surface area contributed by atoms with Crippen LogP contribution in [0.1, 0.15) is 34.8 Å². The average molecular weight is 697 g/mol. The van der Waals surface area contributed by atoms with Crippen molar-refractivity contribution in [2.24, 2.45) is 4.99 Å². The van der Waals surface area contributed by atoms with Crippen LogP contribution < -0.4 is 14.8 Å². The van der Waals surface area contributed by atoms with E-state index in [1.807, 2.05) is 48.5 Å². The number of amidine groups is 1. The van der Waals surface area contributed by atoms with E-state index in [0.717, 1.165) is 16.7 Å². The minimum absolute atomic E-state index is 0.131. The number of rotatable bonds is 11. The maximum Gasteiger partial charge on any atom is 0.410 e. The van der Waals surface area contributed by atoms with Crippen molar-refractivity contribution in [3.8, 4) is 11.5 Å². The van der Waals surface area contributed by atoms with Gasteiger partial charge in [-0.2, -0.15) is 0 Å². The van der Waals surface area contributed by atoms with E-state index >= 15 is 0 Å². The lowest BCUT2D eigenvalue weighted by Gasteiger charge is -2.23. The van der Waals surface area contributed by atoms with E-state index in [1.54, 1.807) is 55.5 Å². The van der Waals surface area contributed by atoms with Crippen molar-refractivity contribution in [2.75, 3.05) is 32.6 Å². The maximum absolute atomic E-state index is 14.0. The van der Waals surface area contributed by atoms with E-state index in [0.29, 0.717) is 60.4 Å². The number of aliphatic imine (C=N–C) groups is 1. The number of carbonyl (C=O) groups is 3. The lowest BCUT2D eigenvalue weighted by atomic mass is 10.1. The summed E-state index contributed by atoms with van der Waals surface area (Å²) in [6.07, 6.45) is 1.22. The molecular weight excluding hydrogens is 660 g/mol. The van der Waals surface area contributed by atoms with Crippen LogP contribution in [0.2, 0.25) is 0 Å². The zero-order valence-corrected chi connectivity index (χ0v) is 28.5. The fraction of sp³-hybridized carbons (Fsp3) is 0.263. The molecule has 10 nitrogen and oxygen atoms in total. The molecule has 2 fully saturated rings. The van der Waals surface area contributed by atoms with Crippen LogP contribution in [0.5, 0.6) is 11.5 Å². The molecule has 258 valence electrons. The van der Waals surface area contributed by atoms with Crippen LogP contribution in [0, 0.1) is 5.82 Å². The molecule has 0 spiro atoms. The predicted molar refractivity (Wildman–Crippen MR) is 190 cm³/mol. The minimum atomic E-state index is -0.647. The molecule has 2 saturated heterocycles. The van der Waals surface area contributed by atoms with Gasteiger partial charge in [0.05, 0.1) is 19.9 Å². The highest BCUT2D eigenvalue weighted by atomic mass is 32.2. The number of carbonyl (C=O) groups excluding carboxylic acids is 3. The highest BCUT2D eigenvalue weighted by Crippen LogP contribution is 2.41. The van der Waals surface area contributed by atoms with E-state index in [2.05, 4.69) is 10.3 Å². The van der Waals surface area contributed by atoms with Crippen molar-refractivity contribution in [3.05, 3.63) is 120 Å². The Morgan fingerprint density at radius 3 is 2.44 bits per heavy atom. The quantitative estimate of drug-likeness (QED) is 0.178. The summed E-state index contributed by atoms with van der Waals surface area (Å²) in [4.78, 5) is 47.7. The highest BCUT2D eigenvalue weighted by Gasteiger charge is 2.39. The number of anilines is 1. The summed E-state index contributed by atoms with van der Waals surface area (Å²) in [7, 11) is 3.14. The highest BCUT2D eigenvalue weighted by molar-refractivity contribution is 8.15. The fourth-order valence-electron chi connectivity index (χ4n) is 5.92. The van der Waals surface area contributed by atoms with Gasteiger partial charge < -0.3 is 19.5 Å². The number of benzene rings is 4. The summed E-state index contributed by atoms with van der Waals surface area (Å²) in [6, 6.07) is 27.4. The zero-order valence-electron chi connectivity index (χ0n) is 27.7. The van der Waals surface area contributed by atoms with Crippen LogP contribution in [0.4, 0.5) is 20.6 Å². The van der Waals surface area contributed by atoms with E-state index in [1.165, 1.54) is 28.8 Å². The molecule has 2 aliphatic rings. The lowest BCUT2D eigenvalue weighted by Crippen LogP contribution is -2.43. The summed E-state index contributed by atoms with van der Waals surface area (Å²) < 4.78 is 30.3. The molecule has 1 N–H and O–H groups in total. The number of nitrogens with zero attached hydrogens (tertiary/aromatic N) is 3. The van der Waals surface area contributed by atoms with Gasteiger partial charge in [0, 0.05) is 18.8 Å². The van der Waals surface area contributed by atoms with Gasteiger partial charge in [0.25, 0.3) is 0 Å². The van der Waals surface area contributed by atoms with E-state index < -0.39 is 23.2 Å². The van der Waals surface area contributed by atoms with Crippen LogP contribution in [0.25, 0.3) is 0 Å². The van der Waals surface area contributed by atoms with Gasteiger partial charge in [-0.3, -0.25) is 19.4 Å². The normalized spacial score (nSPS) is 18.0. The number of ether oxygens (including phenoxy) is 3. The fourth-order valence-corrected chi connectivity index (χ4v) is 7.12. The molecule has 6 rings (SSSR count). The van der Waals surface area contributed by atoms with Gasteiger partial charge in [0.2, 0.25) is 11.8 Å². The third kappa shape index (κ3) is 8.08. The second-order valence-corrected chi connectivity index (χ2v) is 12.9. The average Bonchev–Trinajstić information content (AvgIpc) is 3.75. The molecule has 2 atom stereocenters. The Morgan fingerprint density at radius 2 is 1.70 bits per heavy atom. The van der Waals surface area contributed by atoms with E-state index in [4.69, 9.17) is 14.2 Å². The SMILES string of the molecule is COc1ccc(CCN2C(=O)C(c3ccc(NC(=O)[C@@H]4CCCN4C(=O)OCc4ccccc4)cc3)SC2=Nc2cccc(F)c2)cc1OC. The first-order valence-corrected chi connectivity index (χ1v) is 17.1. The number of hydrogen-bond acceptors (Lipinski definition) is 8. The first-order valence-electron chi connectivity index (χ1n) is 16.2. The summed E-state index contributed by atoms with van der Waals surface area (Å²) in [5.74, 6) is 0.327. The summed E-state index contributed by atoms with van der Waals surface area (Å²) in [6.45, 7) is 0.908. The van der Waals surface area contributed by atoms with Crippen LogP contribution in [0.15, 0.2) is 102 Å². The number of nitrogens with one attached hydrogen (secondary N) is 1. The standard InChI is InChI=1S/C38H37FN4O6S/c1-47-32-18-13-25(22-33(32)48-2)19-21-43-36(45)34(50-37(43)41-30-11-6-10-28(39)23-30)27-14-16-29(17-15-27)40-35(44)31-12-7-20-42(31)38(46)49-24-26-8-4-3-5-9-26/h3-6,8-11,13-18,22-23,31,34H,7,12,19-21,24H2,1-2H3,(H,40,44)/t31-,34?/m0/s1. The number of halogens is 1. The minimum Gasteiger partial charge on any atom is -0.493 e. The molecule has 0 aromatic heterocycles. The molecule has 4 aromatic carbocycles. The Morgan fingerprint density at radius 1 is 0.920 bits per heavy atom. The van der Waals surface area contributed by atoms with Gasteiger partial charge in [-0.05, 0) is 78.4 Å². The van der Waals surface area contributed by atoms with Gasteiger partial charge in [0.15, 0.2) is 16.7 Å². The van der Waals surface area contributed by atoms with Crippen molar-refractivity contribution in [3.63, 3.8) is 0 Å². The largest absolute Gasteiger partial charge is 0.493 e. The second-order valence-electron chi connectivity index (χ2n) is 11.8. The van der Waals surface area contributed by atoms with Crippen molar-refractivity contribution in [1.29, 1.82) is 0 Å². The number of thioether (sulfide) groups is 1. The topological polar surface area (TPSA) is 110 Å². The molecule has 1 unspecified atom stereocenters. The predicted octanol–water partition coefficient (Wildman–Crippen LogP) is 7.13. The summed E-state index contributed by atoms with van der Waals surface area (Å²) >= 11 is 1.29. The summed E-state index contributed by atoms with van der Waals surface area (Å²) in [5.41, 5.74) is 3.48. The van der Waals surface area contributed by atoms with Crippen molar-refractivity contribution < 1.29 is 33.0 Å². The number of likely N-dealkylation sites (tertiary alicyclic amines) is 1. The molecule has 12 heteroatoms. The molecule has 2 aliphatic heterocycles. The first-order chi connectivity index (χ1) is 24.3. The lowest BCUT2D eigenvalue weighted by molar-refractivity contribution is -0.126. The van der Waals surface area contributed by atoms with Crippen molar-refractivity contribution in [2.45, 2.75) is 37.2 Å². The number of hydrogen-bond donors (Lipinski definition) is 1. The van der Waals surface area contributed by atoms with Crippen molar-refractivity contribution >= 4 is 46.2 Å². The smallest absolute Gasteiger partial charge is 0.410 e. The van der Waals surface area contributed by atoms with Gasteiger partial charge in [0.1, 0.15) is 23.7 Å². The molecule has 2 heterocycles. The Labute approximate surface area is 294 Å². The van der Waals surface area contributed by atoms with E-state index in [9.17, 15) is 18.8 Å². The molecule has 0 saturated carbocycles. The zero-order chi connectivity index (χ0) is 35.0. The van der Waals surface area contributed by atoms with Gasteiger partial charge in [-0.25, -0.2) is 14.2 Å². The van der Waals surface area contributed by atoms with Gasteiger partial charge in [-0.15, -0.1) is 0 Å². The van der Waals surface area contributed by atoms with E-state index in [-0.39, 0.29) is 18.4 Å². The monoisotopic (exact) mass is 696 g/mol. The van der Waals surface area contributed by atoms with Crippen LogP contribution in [0.3, 0.4) is 0 Å². The first kappa shape index (κ1) is 34.5. The van der Waals surface area contributed by atoms with Crippen molar-refractivity contribution in [1.82, 2.24) is 9.80 Å². The van der Waals surface area contributed by atoms with Crippen LogP contribution in [-0.2, 0) is 27.4 Å². The maximum atomic E-state index is 14.0. The Hall–Kier alpha value is -5.36.